The summed E-state index contributed by atoms with van der Waals surface area (Å²) >= 11 is 11.7. The van der Waals surface area contributed by atoms with Crippen LogP contribution in [0.3, 0.4) is 0 Å². The number of rotatable bonds is 4. The van der Waals surface area contributed by atoms with Gasteiger partial charge in [0.2, 0.25) is 0 Å². The van der Waals surface area contributed by atoms with Crippen molar-refractivity contribution in [3.63, 3.8) is 0 Å². The Kier molecular flexibility index (Phi) is 7.46. The molecule has 2 aromatic carbocycles. The van der Waals surface area contributed by atoms with Gasteiger partial charge in [0.25, 0.3) is 5.91 Å². The van der Waals surface area contributed by atoms with Gasteiger partial charge in [-0.15, -0.1) is 0 Å². The Balaban J connectivity index is 1.27. The van der Waals surface area contributed by atoms with Crippen molar-refractivity contribution in [3.05, 3.63) is 64.6 Å². The molecule has 0 radical (unpaired) electrons. The molecule has 38 heavy (non-hydrogen) atoms. The Morgan fingerprint density at radius 3 is 2.66 bits per heavy atom. The number of carbonyl (C=O) groups excluding carboxylic acids is 1. The van der Waals surface area contributed by atoms with Gasteiger partial charge in [0.15, 0.2) is 6.10 Å². The van der Waals surface area contributed by atoms with Gasteiger partial charge in [0, 0.05) is 27.0 Å². The molecule has 1 amide bonds. The number of pyridine rings is 1. The second-order valence-corrected chi connectivity index (χ2v) is 10.6. The van der Waals surface area contributed by atoms with E-state index in [1.54, 1.807) is 6.07 Å². The van der Waals surface area contributed by atoms with Gasteiger partial charge in [-0.2, -0.15) is 13.2 Å². The molecule has 200 valence electrons. The number of hydrogen-bond donors (Lipinski definition) is 2. The summed E-state index contributed by atoms with van der Waals surface area (Å²) in [6.45, 7) is 0. The van der Waals surface area contributed by atoms with Gasteiger partial charge in [-0.3, -0.25) is 4.79 Å². The Labute approximate surface area is 226 Å². The summed E-state index contributed by atoms with van der Waals surface area (Å²) in [5.74, 6) is -0.0794. The fourth-order valence-corrected chi connectivity index (χ4v) is 5.41. The van der Waals surface area contributed by atoms with Crippen molar-refractivity contribution in [2.24, 2.45) is 0 Å². The molecule has 3 aromatic rings. The number of thiocarbonyl (C=S) groups is 1. The van der Waals surface area contributed by atoms with E-state index in [0.29, 0.717) is 59.5 Å². The average Bonchev–Trinajstić information content (AvgIpc) is 3.04. The summed E-state index contributed by atoms with van der Waals surface area (Å²) in [5, 5.41) is 7.09. The summed E-state index contributed by atoms with van der Waals surface area (Å²) in [7, 11) is 0. The van der Waals surface area contributed by atoms with Crippen LogP contribution in [0.1, 0.15) is 43.4 Å². The molecule has 0 bridgehead atoms. The van der Waals surface area contributed by atoms with E-state index in [2.05, 4.69) is 15.6 Å². The third-order valence-electron chi connectivity index (χ3n) is 6.93. The SMILES string of the molecule is O=C(N[C@@H]1CCC(=S)[C@H](Nc2cc(C(F)(F)F)nc3ccc(Cl)cc23)CC1)C1CCc2cc(F)ccc2O1. The first kappa shape index (κ1) is 26.6. The lowest BCUT2D eigenvalue weighted by molar-refractivity contribution is -0.140. The van der Waals surface area contributed by atoms with Gasteiger partial charge in [-0.05, 0) is 86.6 Å². The lowest BCUT2D eigenvalue weighted by Gasteiger charge is -2.27. The van der Waals surface area contributed by atoms with Crippen LogP contribution >= 0.6 is 23.8 Å². The van der Waals surface area contributed by atoms with Gasteiger partial charge in [-0.1, -0.05) is 23.8 Å². The van der Waals surface area contributed by atoms with Crippen LogP contribution in [0, 0.1) is 5.82 Å². The standard InChI is InChI=1S/C27H24ClF4N3O2S/c28-15-2-6-19-18(12-15)21(13-25(35-19)27(30,31)32)34-20-7-4-17(5-10-24(20)38)33-26(36)23-8-1-14-11-16(29)3-9-22(14)37-23/h2-3,6,9,11-13,17,20,23H,1,4-5,7-8,10H2,(H,33,36)(H,34,35)/t17-,20+,23?/m0/s1. The third-order valence-corrected chi connectivity index (χ3v) is 7.65. The van der Waals surface area contributed by atoms with Crippen molar-refractivity contribution in [1.82, 2.24) is 10.3 Å². The maximum atomic E-state index is 13.5. The maximum absolute atomic E-state index is 13.5. The van der Waals surface area contributed by atoms with E-state index in [9.17, 15) is 22.4 Å². The van der Waals surface area contributed by atoms with Crippen LogP contribution in [0.4, 0.5) is 23.2 Å². The maximum Gasteiger partial charge on any atom is 0.433 e. The molecular weight excluding hydrogens is 542 g/mol. The predicted octanol–water partition coefficient (Wildman–Crippen LogP) is 6.65. The molecule has 5 rings (SSSR count). The number of aromatic nitrogens is 1. The van der Waals surface area contributed by atoms with Crippen LogP contribution < -0.4 is 15.4 Å². The van der Waals surface area contributed by atoms with E-state index in [1.165, 1.54) is 30.3 Å². The van der Waals surface area contributed by atoms with Crippen molar-refractivity contribution < 1.29 is 27.1 Å². The highest BCUT2D eigenvalue weighted by Gasteiger charge is 2.34. The minimum Gasteiger partial charge on any atom is -0.480 e. The molecule has 1 aliphatic carbocycles. The number of nitrogens with zero attached hydrogens (tertiary/aromatic N) is 1. The van der Waals surface area contributed by atoms with E-state index in [1.807, 2.05) is 0 Å². The van der Waals surface area contributed by atoms with Crippen LogP contribution in [-0.4, -0.2) is 33.9 Å². The highest BCUT2D eigenvalue weighted by atomic mass is 35.5. The first-order chi connectivity index (χ1) is 18.1. The number of halogens is 5. The molecule has 1 aromatic heterocycles. The highest BCUT2D eigenvalue weighted by molar-refractivity contribution is 7.80. The minimum atomic E-state index is -4.61. The molecule has 2 heterocycles. The third kappa shape index (κ3) is 5.86. The fraction of sp³-hybridized carbons (Fsp3) is 0.370. The molecule has 1 saturated carbocycles. The Morgan fingerprint density at radius 1 is 1.05 bits per heavy atom. The fourth-order valence-electron chi connectivity index (χ4n) is 4.95. The molecule has 5 nitrogen and oxygen atoms in total. The molecule has 1 fully saturated rings. The molecule has 11 heteroatoms. The number of ether oxygens (including phenoxy) is 1. The monoisotopic (exact) mass is 565 g/mol. The Morgan fingerprint density at radius 2 is 1.87 bits per heavy atom. The lowest BCUT2D eigenvalue weighted by atomic mass is 10.0. The van der Waals surface area contributed by atoms with Gasteiger partial charge in [-0.25, -0.2) is 9.37 Å². The molecule has 3 atom stereocenters. The van der Waals surface area contributed by atoms with Crippen molar-refractivity contribution in [3.8, 4) is 5.75 Å². The van der Waals surface area contributed by atoms with Crippen molar-refractivity contribution >= 4 is 51.2 Å². The van der Waals surface area contributed by atoms with Crippen molar-refractivity contribution in [2.45, 2.75) is 62.9 Å². The molecule has 2 N–H and O–H groups in total. The van der Waals surface area contributed by atoms with Gasteiger partial charge < -0.3 is 15.4 Å². The predicted molar refractivity (Wildman–Crippen MR) is 141 cm³/mol. The number of alkyl halides is 3. The summed E-state index contributed by atoms with van der Waals surface area (Å²) in [5.41, 5.74) is 0.163. The number of hydrogen-bond acceptors (Lipinski definition) is 5. The summed E-state index contributed by atoms with van der Waals surface area (Å²) in [6.07, 6.45) is -2.09. The average molecular weight is 566 g/mol. The number of carbonyl (C=O) groups is 1. The number of amides is 1. The number of benzene rings is 2. The zero-order valence-corrected chi connectivity index (χ0v) is 21.7. The van der Waals surface area contributed by atoms with Crippen LogP contribution in [0.2, 0.25) is 5.02 Å². The van der Waals surface area contributed by atoms with Gasteiger partial charge >= 0.3 is 6.18 Å². The van der Waals surface area contributed by atoms with E-state index in [4.69, 9.17) is 28.6 Å². The van der Waals surface area contributed by atoms with Crippen LogP contribution in [0.25, 0.3) is 10.9 Å². The van der Waals surface area contributed by atoms with E-state index in [-0.39, 0.29) is 35.0 Å². The van der Waals surface area contributed by atoms with Crippen molar-refractivity contribution in [1.29, 1.82) is 0 Å². The number of aryl methyl sites for hydroxylation is 1. The smallest absolute Gasteiger partial charge is 0.433 e. The van der Waals surface area contributed by atoms with E-state index >= 15 is 0 Å². The zero-order valence-electron chi connectivity index (χ0n) is 20.1. The molecule has 1 aliphatic heterocycles. The highest BCUT2D eigenvalue weighted by Crippen LogP contribution is 2.35. The van der Waals surface area contributed by atoms with Crippen molar-refractivity contribution in [2.75, 3.05) is 5.32 Å². The van der Waals surface area contributed by atoms with Gasteiger partial charge in [0.1, 0.15) is 17.3 Å². The number of nitrogens with one attached hydrogen (secondary N) is 2. The quantitative estimate of drug-likeness (QED) is 0.211. The lowest BCUT2D eigenvalue weighted by Crippen LogP contribution is -2.45. The largest absolute Gasteiger partial charge is 0.480 e. The van der Waals surface area contributed by atoms with E-state index in [0.717, 1.165) is 11.6 Å². The Hall–Kier alpha value is -2.98. The second-order valence-electron chi connectivity index (χ2n) is 9.60. The zero-order chi connectivity index (χ0) is 27.0. The topological polar surface area (TPSA) is 63.2 Å². The number of fused-ring (bicyclic) bond motifs is 2. The molecule has 1 unspecified atom stereocenters. The summed E-state index contributed by atoms with van der Waals surface area (Å²) in [4.78, 5) is 17.4. The summed E-state index contributed by atoms with van der Waals surface area (Å²) in [6, 6.07) is 9.22. The molecular formula is C27H24ClF4N3O2S. The minimum absolute atomic E-state index is 0.167. The van der Waals surface area contributed by atoms with Gasteiger partial charge in [0.05, 0.1) is 11.6 Å². The summed E-state index contributed by atoms with van der Waals surface area (Å²) < 4.78 is 59.8. The Bertz CT molecular complexity index is 1400. The number of anilines is 1. The normalized spacial score (nSPS) is 21.8. The van der Waals surface area contributed by atoms with Crippen LogP contribution in [-0.2, 0) is 17.4 Å². The van der Waals surface area contributed by atoms with Crippen LogP contribution in [0.5, 0.6) is 5.75 Å². The molecule has 0 spiro atoms. The first-order valence-electron chi connectivity index (χ1n) is 12.3. The van der Waals surface area contributed by atoms with E-state index < -0.39 is 18.0 Å². The van der Waals surface area contributed by atoms with Crippen LogP contribution in [0.15, 0.2) is 42.5 Å². The molecule has 2 aliphatic rings. The first-order valence-corrected chi connectivity index (χ1v) is 13.1. The second kappa shape index (κ2) is 10.6. The molecule has 0 saturated heterocycles.